The first-order valence-corrected chi connectivity index (χ1v) is 6.06. The van der Waals surface area contributed by atoms with Crippen molar-refractivity contribution in [3.63, 3.8) is 0 Å². The average Bonchev–Trinajstić information content (AvgIpc) is 2.21. The molecule has 0 atom stereocenters. The molecule has 0 aromatic heterocycles. The van der Waals surface area contributed by atoms with Crippen molar-refractivity contribution in [3.05, 3.63) is 0 Å². The lowest BCUT2D eigenvalue weighted by atomic mass is 10.2. The van der Waals surface area contributed by atoms with Crippen molar-refractivity contribution in [2.75, 3.05) is 40.8 Å². The van der Waals surface area contributed by atoms with E-state index in [2.05, 4.69) is 31.1 Å². The largest absolute Gasteiger partial charge is 0.348 e. The normalized spacial score (nSPS) is 11.2. The molecule has 0 aromatic rings. The van der Waals surface area contributed by atoms with Gasteiger partial charge in [0.1, 0.15) is 0 Å². The highest BCUT2D eigenvalue weighted by molar-refractivity contribution is 5.77. The monoisotopic (exact) mass is 229 g/mol. The molecular weight excluding hydrogens is 202 g/mol. The highest BCUT2D eigenvalue weighted by atomic mass is 16.2. The topological polar surface area (TPSA) is 35.6 Å². The van der Waals surface area contributed by atoms with Crippen LogP contribution in [0.4, 0.5) is 0 Å². The summed E-state index contributed by atoms with van der Waals surface area (Å²) in [6.07, 6.45) is 2.30. The maximum absolute atomic E-state index is 11.2. The van der Waals surface area contributed by atoms with Crippen LogP contribution in [0.15, 0.2) is 0 Å². The van der Waals surface area contributed by atoms with Crippen LogP contribution in [0.2, 0.25) is 0 Å². The predicted molar refractivity (Wildman–Crippen MR) is 68.6 cm³/mol. The number of hydrogen-bond acceptors (Lipinski definition) is 3. The molecule has 0 unspecified atom stereocenters. The molecule has 0 heterocycles. The minimum atomic E-state index is 0.138. The highest BCUT2D eigenvalue weighted by Crippen LogP contribution is 1.97. The van der Waals surface area contributed by atoms with Crippen LogP contribution < -0.4 is 5.32 Å². The Balaban J connectivity index is 3.31. The van der Waals surface area contributed by atoms with Crippen molar-refractivity contribution in [3.8, 4) is 0 Å². The summed E-state index contributed by atoms with van der Waals surface area (Å²) in [5, 5.41) is 3.16. The van der Waals surface area contributed by atoms with Gasteiger partial charge in [0.2, 0.25) is 5.91 Å². The molecule has 1 N–H and O–H groups in total. The Labute approximate surface area is 100.0 Å². The average molecular weight is 229 g/mol. The van der Waals surface area contributed by atoms with Gasteiger partial charge in [-0.1, -0.05) is 0 Å². The summed E-state index contributed by atoms with van der Waals surface area (Å²) in [6.45, 7) is 6.90. The van der Waals surface area contributed by atoms with Crippen LogP contribution >= 0.6 is 0 Å². The summed E-state index contributed by atoms with van der Waals surface area (Å²) in [5.41, 5.74) is 0. The molecule has 0 fully saturated rings. The van der Waals surface area contributed by atoms with Crippen LogP contribution in [0.3, 0.4) is 0 Å². The molecular formula is C12H27N3O. The molecule has 96 valence electrons. The summed E-state index contributed by atoms with van der Waals surface area (Å²) in [5.74, 6) is 0.138. The molecule has 0 aliphatic rings. The summed E-state index contributed by atoms with van der Waals surface area (Å²) >= 11 is 0. The zero-order valence-corrected chi connectivity index (χ0v) is 11.4. The van der Waals surface area contributed by atoms with E-state index in [4.69, 9.17) is 0 Å². The highest BCUT2D eigenvalue weighted by Gasteiger charge is 2.03. The van der Waals surface area contributed by atoms with Gasteiger partial charge in [-0.2, -0.15) is 0 Å². The van der Waals surface area contributed by atoms with Gasteiger partial charge in [0.25, 0.3) is 0 Å². The van der Waals surface area contributed by atoms with E-state index >= 15 is 0 Å². The van der Waals surface area contributed by atoms with Crippen LogP contribution in [0, 0.1) is 0 Å². The lowest BCUT2D eigenvalue weighted by molar-refractivity contribution is -0.127. The van der Waals surface area contributed by atoms with Gasteiger partial charge in [-0.25, -0.2) is 0 Å². The fraction of sp³-hybridized carbons (Fsp3) is 0.917. The molecule has 16 heavy (non-hydrogen) atoms. The number of carbonyl (C=O) groups is 1. The van der Waals surface area contributed by atoms with E-state index in [9.17, 15) is 4.79 Å². The summed E-state index contributed by atoms with van der Waals surface area (Å²) < 4.78 is 0. The van der Waals surface area contributed by atoms with Crippen LogP contribution in [-0.2, 0) is 4.79 Å². The van der Waals surface area contributed by atoms with E-state index in [1.54, 1.807) is 19.0 Å². The molecule has 1 amide bonds. The Hall–Kier alpha value is -0.610. The fourth-order valence-corrected chi connectivity index (χ4v) is 1.22. The Morgan fingerprint density at radius 3 is 2.31 bits per heavy atom. The van der Waals surface area contributed by atoms with Crippen LogP contribution in [0.1, 0.15) is 26.7 Å². The van der Waals surface area contributed by atoms with Gasteiger partial charge in [0.15, 0.2) is 0 Å². The van der Waals surface area contributed by atoms with E-state index in [0.717, 1.165) is 19.5 Å². The molecule has 0 aliphatic heterocycles. The number of nitrogens with one attached hydrogen (secondary N) is 1. The lowest BCUT2D eigenvalue weighted by Gasteiger charge is -2.20. The molecule has 0 bridgehead atoms. The molecule has 0 saturated heterocycles. The molecule has 0 radical (unpaired) electrons. The molecule has 0 aromatic carbocycles. The van der Waals surface area contributed by atoms with Crippen molar-refractivity contribution < 1.29 is 4.79 Å². The number of nitrogens with zero attached hydrogens (tertiary/aromatic N) is 2. The van der Waals surface area contributed by atoms with E-state index in [-0.39, 0.29) is 5.91 Å². The third-order valence-electron chi connectivity index (χ3n) is 2.77. The van der Waals surface area contributed by atoms with Crippen molar-refractivity contribution in [1.82, 2.24) is 15.1 Å². The number of carbonyl (C=O) groups excluding carboxylic acids is 1. The van der Waals surface area contributed by atoms with Crippen molar-refractivity contribution >= 4 is 5.91 Å². The third kappa shape index (κ3) is 7.65. The predicted octanol–water partition coefficient (Wildman–Crippen LogP) is 0.785. The maximum Gasteiger partial charge on any atom is 0.236 e. The second-order valence-corrected chi connectivity index (χ2v) is 4.75. The van der Waals surface area contributed by atoms with Gasteiger partial charge < -0.3 is 15.1 Å². The standard InChI is InChI=1S/C12H27N3O/c1-11(2)15(5)9-7-6-8-13-10-12(16)14(3)4/h11,13H,6-10H2,1-5H3. The molecule has 0 spiro atoms. The van der Waals surface area contributed by atoms with Gasteiger partial charge >= 0.3 is 0 Å². The minimum Gasteiger partial charge on any atom is -0.348 e. The summed E-state index contributed by atoms with van der Waals surface area (Å²) in [6, 6.07) is 0.614. The van der Waals surface area contributed by atoms with E-state index in [1.807, 2.05) is 0 Å². The Morgan fingerprint density at radius 2 is 1.81 bits per heavy atom. The van der Waals surface area contributed by atoms with Gasteiger partial charge in [-0.15, -0.1) is 0 Å². The number of amides is 1. The van der Waals surface area contributed by atoms with Crippen molar-refractivity contribution in [1.29, 1.82) is 0 Å². The lowest BCUT2D eigenvalue weighted by Crippen LogP contribution is -2.33. The number of hydrogen-bond donors (Lipinski definition) is 1. The van der Waals surface area contributed by atoms with Crippen LogP contribution in [0.5, 0.6) is 0 Å². The Morgan fingerprint density at radius 1 is 1.19 bits per heavy atom. The van der Waals surface area contributed by atoms with Gasteiger partial charge in [0.05, 0.1) is 6.54 Å². The molecule has 4 heteroatoms. The smallest absolute Gasteiger partial charge is 0.236 e. The van der Waals surface area contributed by atoms with Crippen molar-refractivity contribution in [2.45, 2.75) is 32.7 Å². The van der Waals surface area contributed by atoms with Crippen LogP contribution in [0.25, 0.3) is 0 Å². The van der Waals surface area contributed by atoms with Crippen LogP contribution in [-0.4, -0.2) is 62.5 Å². The van der Waals surface area contributed by atoms with Gasteiger partial charge in [0, 0.05) is 20.1 Å². The third-order valence-corrected chi connectivity index (χ3v) is 2.77. The first kappa shape index (κ1) is 15.4. The van der Waals surface area contributed by atoms with Gasteiger partial charge in [-0.3, -0.25) is 4.79 Å². The zero-order valence-electron chi connectivity index (χ0n) is 11.4. The molecule has 0 saturated carbocycles. The molecule has 4 nitrogen and oxygen atoms in total. The first-order chi connectivity index (χ1) is 7.45. The Bertz CT molecular complexity index is 193. The zero-order chi connectivity index (χ0) is 12.6. The first-order valence-electron chi connectivity index (χ1n) is 6.06. The Kier molecular flexibility index (Phi) is 8.21. The summed E-state index contributed by atoms with van der Waals surface area (Å²) in [7, 11) is 5.71. The second-order valence-electron chi connectivity index (χ2n) is 4.75. The van der Waals surface area contributed by atoms with Crippen molar-refractivity contribution in [2.24, 2.45) is 0 Å². The fourth-order valence-electron chi connectivity index (χ4n) is 1.22. The van der Waals surface area contributed by atoms with Gasteiger partial charge in [-0.05, 0) is 46.8 Å². The van der Waals surface area contributed by atoms with E-state index < -0.39 is 0 Å². The van der Waals surface area contributed by atoms with E-state index in [1.165, 1.54) is 6.42 Å². The number of likely N-dealkylation sites (N-methyl/N-ethyl adjacent to an activating group) is 1. The summed E-state index contributed by atoms with van der Waals surface area (Å²) in [4.78, 5) is 15.2. The minimum absolute atomic E-state index is 0.138. The number of rotatable bonds is 8. The SMILES string of the molecule is CC(C)N(C)CCCCNCC(=O)N(C)C. The number of unbranched alkanes of at least 4 members (excludes halogenated alkanes) is 1. The molecule has 0 rings (SSSR count). The maximum atomic E-state index is 11.2. The van der Waals surface area contributed by atoms with E-state index in [0.29, 0.717) is 12.6 Å². The second kappa shape index (κ2) is 8.53. The quantitative estimate of drug-likeness (QED) is 0.625. The molecule has 0 aliphatic carbocycles.